The number of thioether (sulfide) groups is 1. The fourth-order valence-electron chi connectivity index (χ4n) is 2.35. The third-order valence-corrected chi connectivity index (χ3v) is 6.04. The highest BCUT2D eigenvalue weighted by atomic mass is 32.2. The third kappa shape index (κ3) is 5.08. The lowest BCUT2D eigenvalue weighted by molar-refractivity contribution is -0.115. The third-order valence-electron chi connectivity index (χ3n) is 3.93. The van der Waals surface area contributed by atoms with Crippen LogP contribution in [0.2, 0.25) is 0 Å². The van der Waals surface area contributed by atoms with Gasteiger partial charge in [0.15, 0.2) is 0 Å². The second kappa shape index (κ2) is 9.16. The van der Waals surface area contributed by atoms with E-state index < -0.39 is 16.9 Å². The number of anilines is 1. The van der Waals surface area contributed by atoms with Crippen molar-refractivity contribution >= 4 is 34.7 Å². The van der Waals surface area contributed by atoms with Crippen molar-refractivity contribution < 1.29 is 18.3 Å². The van der Waals surface area contributed by atoms with Gasteiger partial charge in [0.25, 0.3) is 0 Å². The fourth-order valence-corrected chi connectivity index (χ4v) is 4.06. The summed E-state index contributed by atoms with van der Waals surface area (Å²) < 4.78 is 31.8. The summed E-state index contributed by atoms with van der Waals surface area (Å²) in [5, 5.41) is 4.91. The first-order valence-electron chi connectivity index (χ1n) is 8.42. The number of halogens is 2. The molecule has 3 aromatic rings. The molecule has 0 saturated carbocycles. The summed E-state index contributed by atoms with van der Waals surface area (Å²) in [6, 6.07) is 10.7. The van der Waals surface area contributed by atoms with E-state index in [1.165, 1.54) is 29.2 Å². The highest BCUT2D eigenvalue weighted by molar-refractivity contribution is 7.99. The summed E-state index contributed by atoms with van der Waals surface area (Å²) in [6.45, 7) is 1.73. The maximum atomic E-state index is 13.7. The lowest BCUT2D eigenvalue weighted by Crippen LogP contribution is -2.23. The first kappa shape index (κ1) is 20.3. The van der Waals surface area contributed by atoms with Crippen molar-refractivity contribution in [3.8, 4) is 16.3 Å². The van der Waals surface area contributed by atoms with Crippen molar-refractivity contribution in [2.75, 3.05) is 12.4 Å². The van der Waals surface area contributed by atoms with Gasteiger partial charge in [0.1, 0.15) is 22.4 Å². The summed E-state index contributed by atoms with van der Waals surface area (Å²) in [5.74, 6) is -0.495. The van der Waals surface area contributed by atoms with E-state index in [0.717, 1.165) is 34.1 Å². The van der Waals surface area contributed by atoms with Gasteiger partial charge in [0.05, 0.1) is 23.7 Å². The molecule has 1 unspecified atom stereocenters. The standard InChI is InChI=1S/C20H18F2N2O2S2/c1-12(19(25)24-18-8-5-14(21)9-17(18)22)27-10-15-11-28-20(23-15)13-3-6-16(26-2)7-4-13/h3-9,11-12H,10H2,1-2H3,(H,24,25). The molecule has 0 aliphatic rings. The predicted octanol–water partition coefficient (Wildman–Crippen LogP) is 5.36. The van der Waals surface area contributed by atoms with Crippen LogP contribution in [0.4, 0.5) is 14.5 Å². The van der Waals surface area contributed by atoms with Gasteiger partial charge in [-0.2, -0.15) is 0 Å². The van der Waals surface area contributed by atoms with Gasteiger partial charge < -0.3 is 10.1 Å². The zero-order chi connectivity index (χ0) is 20.1. The molecule has 4 nitrogen and oxygen atoms in total. The van der Waals surface area contributed by atoms with E-state index in [1.54, 1.807) is 14.0 Å². The summed E-state index contributed by atoms with van der Waals surface area (Å²) >= 11 is 2.93. The molecule has 0 fully saturated rings. The molecular weight excluding hydrogens is 402 g/mol. The number of methoxy groups -OCH3 is 1. The molecule has 0 radical (unpaired) electrons. The average molecular weight is 421 g/mol. The number of aromatic nitrogens is 1. The smallest absolute Gasteiger partial charge is 0.237 e. The predicted molar refractivity (Wildman–Crippen MR) is 110 cm³/mol. The molecule has 28 heavy (non-hydrogen) atoms. The van der Waals surface area contributed by atoms with Crippen molar-refractivity contribution in [3.63, 3.8) is 0 Å². The van der Waals surface area contributed by atoms with E-state index in [-0.39, 0.29) is 11.6 Å². The SMILES string of the molecule is COc1ccc(-c2nc(CSC(C)C(=O)Nc3ccc(F)cc3F)cs2)cc1. The van der Waals surface area contributed by atoms with Gasteiger partial charge in [-0.05, 0) is 43.3 Å². The average Bonchev–Trinajstić information content (AvgIpc) is 3.17. The Bertz CT molecular complexity index is 961. The van der Waals surface area contributed by atoms with Gasteiger partial charge in [-0.1, -0.05) is 0 Å². The monoisotopic (exact) mass is 420 g/mol. The number of carbonyl (C=O) groups is 1. The van der Waals surface area contributed by atoms with Crippen LogP contribution in [0.3, 0.4) is 0 Å². The molecule has 1 N–H and O–H groups in total. The number of rotatable bonds is 7. The Balaban J connectivity index is 1.56. The molecule has 3 rings (SSSR count). The number of amides is 1. The molecule has 1 atom stereocenters. The minimum absolute atomic E-state index is 0.0331. The van der Waals surface area contributed by atoms with Crippen LogP contribution in [0.5, 0.6) is 5.75 Å². The van der Waals surface area contributed by atoms with Gasteiger partial charge in [-0.15, -0.1) is 23.1 Å². The number of carbonyl (C=O) groups excluding carboxylic acids is 1. The van der Waals surface area contributed by atoms with Crippen LogP contribution in [0.15, 0.2) is 47.8 Å². The lowest BCUT2D eigenvalue weighted by Gasteiger charge is -2.12. The normalized spacial score (nSPS) is 11.9. The van der Waals surface area contributed by atoms with Crippen LogP contribution >= 0.6 is 23.1 Å². The Hall–Kier alpha value is -2.45. The van der Waals surface area contributed by atoms with Crippen LogP contribution in [0, 0.1) is 11.6 Å². The largest absolute Gasteiger partial charge is 0.497 e. The van der Waals surface area contributed by atoms with Crippen molar-refractivity contribution in [2.24, 2.45) is 0 Å². The highest BCUT2D eigenvalue weighted by Gasteiger charge is 2.16. The summed E-state index contributed by atoms with van der Waals surface area (Å²) in [4.78, 5) is 16.8. The Morgan fingerprint density at radius 2 is 2.00 bits per heavy atom. The number of hydrogen-bond acceptors (Lipinski definition) is 5. The molecule has 0 spiro atoms. The maximum absolute atomic E-state index is 13.7. The molecule has 1 amide bonds. The molecule has 1 aromatic heterocycles. The van der Waals surface area contributed by atoms with Crippen molar-refractivity contribution in [3.05, 3.63) is 65.2 Å². The molecule has 0 saturated heterocycles. The Morgan fingerprint density at radius 1 is 1.25 bits per heavy atom. The van der Waals surface area contributed by atoms with Gasteiger partial charge >= 0.3 is 0 Å². The maximum Gasteiger partial charge on any atom is 0.237 e. The summed E-state index contributed by atoms with van der Waals surface area (Å²) in [6.07, 6.45) is 0. The number of ether oxygens (including phenoxy) is 1. The Labute approximate surface area is 170 Å². The topological polar surface area (TPSA) is 51.2 Å². The van der Waals surface area contributed by atoms with Crippen LogP contribution in [-0.4, -0.2) is 23.3 Å². The number of nitrogens with zero attached hydrogens (tertiary/aromatic N) is 1. The number of hydrogen-bond donors (Lipinski definition) is 1. The zero-order valence-corrected chi connectivity index (χ0v) is 16.9. The molecule has 8 heteroatoms. The van der Waals surface area contributed by atoms with E-state index >= 15 is 0 Å². The fraction of sp³-hybridized carbons (Fsp3) is 0.200. The summed E-state index contributed by atoms with van der Waals surface area (Å²) in [5.41, 5.74) is 1.84. The van der Waals surface area contributed by atoms with Crippen molar-refractivity contribution in [2.45, 2.75) is 17.9 Å². The number of benzene rings is 2. The van der Waals surface area contributed by atoms with E-state index in [2.05, 4.69) is 10.3 Å². The number of nitrogens with one attached hydrogen (secondary N) is 1. The molecule has 146 valence electrons. The first-order valence-corrected chi connectivity index (χ1v) is 10.4. The van der Waals surface area contributed by atoms with Crippen LogP contribution < -0.4 is 10.1 Å². The van der Waals surface area contributed by atoms with Gasteiger partial charge in [-0.25, -0.2) is 13.8 Å². The van der Waals surface area contributed by atoms with Crippen molar-refractivity contribution in [1.29, 1.82) is 0 Å². The van der Waals surface area contributed by atoms with Crippen LogP contribution in [0.25, 0.3) is 10.6 Å². The molecular formula is C20H18F2N2O2S2. The highest BCUT2D eigenvalue weighted by Crippen LogP contribution is 2.28. The summed E-state index contributed by atoms with van der Waals surface area (Å²) in [7, 11) is 1.62. The van der Waals surface area contributed by atoms with E-state index in [1.807, 2.05) is 29.6 Å². The lowest BCUT2D eigenvalue weighted by atomic mass is 10.2. The van der Waals surface area contributed by atoms with Crippen molar-refractivity contribution in [1.82, 2.24) is 4.98 Å². The number of thiazole rings is 1. The molecule has 1 heterocycles. The van der Waals surface area contributed by atoms with E-state index in [9.17, 15) is 13.6 Å². The molecule has 0 bridgehead atoms. The second-order valence-corrected chi connectivity index (χ2v) is 8.13. The van der Waals surface area contributed by atoms with E-state index in [0.29, 0.717) is 5.75 Å². The van der Waals surface area contributed by atoms with Crippen LogP contribution in [-0.2, 0) is 10.5 Å². The van der Waals surface area contributed by atoms with Gasteiger partial charge in [0, 0.05) is 22.8 Å². The Morgan fingerprint density at radius 3 is 2.68 bits per heavy atom. The quantitative estimate of drug-likeness (QED) is 0.559. The molecule has 0 aliphatic heterocycles. The first-order chi connectivity index (χ1) is 13.5. The second-order valence-electron chi connectivity index (χ2n) is 5.94. The van der Waals surface area contributed by atoms with Crippen LogP contribution in [0.1, 0.15) is 12.6 Å². The van der Waals surface area contributed by atoms with E-state index in [4.69, 9.17) is 4.74 Å². The minimum atomic E-state index is -0.797. The molecule has 0 aliphatic carbocycles. The molecule has 2 aromatic carbocycles. The van der Waals surface area contributed by atoms with Gasteiger partial charge in [-0.3, -0.25) is 4.79 Å². The Kier molecular flexibility index (Phi) is 6.64. The van der Waals surface area contributed by atoms with Gasteiger partial charge in [0.2, 0.25) is 5.91 Å². The minimum Gasteiger partial charge on any atom is -0.497 e. The zero-order valence-electron chi connectivity index (χ0n) is 15.2.